The van der Waals surface area contributed by atoms with Gasteiger partial charge >= 0.3 is 6.18 Å². The summed E-state index contributed by atoms with van der Waals surface area (Å²) in [4.78, 5) is 9.29. The predicted molar refractivity (Wildman–Crippen MR) is 86.9 cm³/mol. The Bertz CT molecular complexity index is 707. The van der Waals surface area contributed by atoms with Crippen LogP contribution in [0.25, 0.3) is 0 Å². The molecule has 1 heterocycles. The fraction of sp³-hybridized carbons (Fsp3) is 0.375. The van der Waals surface area contributed by atoms with Crippen LogP contribution < -0.4 is 9.64 Å². The molecule has 4 nitrogen and oxygen atoms in total. The Hall–Kier alpha value is -2.02. The second-order valence-electron chi connectivity index (χ2n) is 5.63. The Kier molecular flexibility index (Phi) is 5.54. The highest BCUT2D eigenvalue weighted by molar-refractivity contribution is 6.30. The van der Waals surface area contributed by atoms with Gasteiger partial charge in [-0.15, -0.1) is 0 Å². The van der Waals surface area contributed by atoms with Crippen molar-refractivity contribution in [3.8, 4) is 5.88 Å². The number of ether oxygens (including phenoxy) is 1. The van der Waals surface area contributed by atoms with Crippen LogP contribution >= 0.6 is 11.6 Å². The Morgan fingerprint density at radius 1 is 1.29 bits per heavy atom. The second-order valence-corrected chi connectivity index (χ2v) is 6.07. The topological polar surface area (TPSA) is 38.2 Å². The van der Waals surface area contributed by atoms with Crippen LogP contribution in [0, 0.1) is 5.92 Å². The minimum absolute atomic E-state index is 0.0650. The average molecular weight is 360 g/mol. The van der Waals surface area contributed by atoms with Gasteiger partial charge in [-0.05, 0) is 24.1 Å². The maximum Gasteiger partial charge on any atom is 0.423 e. The second kappa shape index (κ2) is 7.25. The number of rotatable bonds is 5. The van der Waals surface area contributed by atoms with E-state index in [0.29, 0.717) is 10.7 Å². The maximum atomic E-state index is 13.1. The minimum Gasteiger partial charge on any atom is -0.477 e. The molecule has 0 aliphatic heterocycles. The summed E-state index contributed by atoms with van der Waals surface area (Å²) in [6.45, 7) is 3.81. The van der Waals surface area contributed by atoms with Gasteiger partial charge in [-0.3, -0.25) is 0 Å². The van der Waals surface area contributed by atoms with Crippen LogP contribution in [-0.2, 0) is 6.18 Å². The van der Waals surface area contributed by atoms with Gasteiger partial charge in [0.15, 0.2) is 0 Å². The van der Waals surface area contributed by atoms with Gasteiger partial charge in [0.05, 0.1) is 6.61 Å². The lowest BCUT2D eigenvalue weighted by Crippen LogP contribution is -2.18. The van der Waals surface area contributed by atoms with Crippen molar-refractivity contribution in [3.05, 3.63) is 41.0 Å². The highest BCUT2D eigenvalue weighted by Crippen LogP contribution is 2.36. The molecule has 130 valence electrons. The van der Waals surface area contributed by atoms with E-state index in [1.165, 1.54) is 4.90 Å². The summed E-state index contributed by atoms with van der Waals surface area (Å²) in [6, 6.07) is 6.84. The van der Waals surface area contributed by atoms with Crippen molar-refractivity contribution in [2.24, 2.45) is 5.92 Å². The van der Waals surface area contributed by atoms with Crippen molar-refractivity contribution >= 4 is 23.2 Å². The van der Waals surface area contributed by atoms with Crippen molar-refractivity contribution in [3.63, 3.8) is 0 Å². The number of hydrogen-bond donors (Lipinski definition) is 0. The SMILES string of the molecule is CC(C)COc1nc(N(C)c2cccc(Cl)c2)ncc1C(F)(F)F. The van der Waals surface area contributed by atoms with Crippen LogP contribution in [0.2, 0.25) is 5.02 Å². The summed E-state index contributed by atoms with van der Waals surface area (Å²) in [7, 11) is 1.64. The predicted octanol–water partition coefficient (Wildman–Crippen LogP) is 4.95. The van der Waals surface area contributed by atoms with E-state index in [2.05, 4.69) is 9.97 Å². The third-order valence-electron chi connectivity index (χ3n) is 3.10. The summed E-state index contributed by atoms with van der Waals surface area (Å²) >= 11 is 5.94. The van der Waals surface area contributed by atoms with Crippen molar-refractivity contribution in [1.29, 1.82) is 0 Å². The lowest BCUT2D eigenvalue weighted by molar-refractivity contribution is -0.139. The summed E-state index contributed by atoms with van der Waals surface area (Å²) in [5, 5.41) is 0.502. The first-order valence-electron chi connectivity index (χ1n) is 7.25. The van der Waals surface area contributed by atoms with E-state index in [0.717, 1.165) is 6.20 Å². The van der Waals surface area contributed by atoms with Crippen molar-refractivity contribution < 1.29 is 17.9 Å². The van der Waals surface area contributed by atoms with E-state index in [1.54, 1.807) is 31.3 Å². The molecule has 8 heteroatoms. The summed E-state index contributed by atoms with van der Waals surface area (Å²) in [5.41, 5.74) is -0.344. The average Bonchev–Trinajstić information content (AvgIpc) is 2.51. The first-order valence-corrected chi connectivity index (χ1v) is 7.62. The number of alkyl halides is 3. The first-order chi connectivity index (χ1) is 11.2. The largest absolute Gasteiger partial charge is 0.477 e. The van der Waals surface area contributed by atoms with E-state index < -0.39 is 17.6 Å². The molecule has 0 N–H and O–H groups in total. The van der Waals surface area contributed by atoms with Gasteiger partial charge in [0.1, 0.15) is 5.56 Å². The number of nitrogens with zero attached hydrogens (tertiary/aromatic N) is 3. The summed E-state index contributed by atoms with van der Waals surface area (Å²) in [5.74, 6) is -0.325. The molecule has 24 heavy (non-hydrogen) atoms. The van der Waals surface area contributed by atoms with Crippen LogP contribution in [0.3, 0.4) is 0 Å². The van der Waals surface area contributed by atoms with Gasteiger partial charge < -0.3 is 9.64 Å². The number of halogens is 4. The van der Waals surface area contributed by atoms with Gasteiger partial charge in [0.25, 0.3) is 0 Å². The van der Waals surface area contributed by atoms with Gasteiger partial charge in [-0.1, -0.05) is 31.5 Å². The minimum atomic E-state index is -4.58. The lowest BCUT2D eigenvalue weighted by Gasteiger charge is -2.20. The molecule has 0 spiro atoms. The molecule has 0 fully saturated rings. The quantitative estimate of drug-likeness (QED) is 0.757. The van der Waals surface area contributed by atoms with Crippen molar-refractivity contribution in [2.75, 3.05) is 18.6 Å². The third-order valence-corrected chi connectivity index (χ3v) is 3.33. The van der Waals surface area contributed by atoms with Crippen molar-refractivity contribution in [1.82, 2.24) is 9.97 Å². The Morgan fingerprint density at radius 2 is 2.00 bits per heavy atom. The highest BCUT2D eigenvalue weighted by Gasteiger charge is 2.36. The fourth-order valence-corrected chi connectivity index (χ4v) is 2.05. The van der Waals surface area contributed by atoms with Crippen LogP contribution in [0.5, 0.6) is 5.88 Å². The molecule has 1 aromatic heterocycles. The third kappa shape index (κ3) is 4.50. The summed E-state index contributed by atoms with van der Waals surface area (Å²) in [6.07, 6.45) is -3.85. The van der Waals surface area contributed by atoms with E-state index >= 15 is 0 Å². The monoisotopic (exact) mass is 359 g/mol. The molecular weight excluding hydrogens is 343 g/mol. The maximum absolute atomic E-state index is 13.1. The number of benzene rings is 1. The number of aromatic nitrogens is 2. The van der Waals surface area contributed by atoms with Crippen LogP contribution in [0.15, 0.2) is 30.5 Å². The zero-order chi connectivity index (χ0) is 17.9. The molecule has 0 radical (unpaired) electrons. The van der Waals surface area contributed by atoms with E-state index in [1.807, 2.05) is 13.8 Å². The zero-order valence-electron chi connectivity index (χ0n) is 13.4. The summed E-state index contributed by atoms with van der Waals surface area (Å²) < 4.78 is 44.5. The molecule has 0 aliphatic carbocycles. The molecule has 0 atom stereocenters. The molecule has 0 aliphatic rings. The molecule has 0 bridgehead atoms. The Morgan fingerprint density at radius 3 is 2.58 bits per heavy atom. The normalized spacial score (nSPS) is 11.7. The molecule has 2 aromatic rings. The van der Waals surface area contributed by atoms with Crippen molar-refractivity contribution in [2.45, 2.75) is 20.0 Å². The number of hydrogen-bond acceptors (Lipinski definition) is 4. The zero-order valence-corrected chi connectivity index (χ0v) is 14.2. The van der Waals surface area contributed by atoms with Crippen LogP contribution in [-0.4, -0.2) is 23.6 Å². The number of anilines is 2. The van der Waals surface area contributed by atoms with E-state index in [4.69, 9.17) is 16.3 Å². The van der Waals surface area contributed by atoms with Gasteiger partial charge in [0, 0.05) is 24.0 Å². The first kappa shape index (κ1) is 18.3. The molecular formula is C16H17ClF3N3O. The molecule has 0 amide bonds. The Balaban J connectivity index is 2.39. The molecule has 2 rings (SSSR count). The standard InChI is InChI=1S/C16H17ClF3N3O/c1-10(2)9-24-14-13(16(18,19)20)8-21-15(22-14)23(3)12-6-4-5-11(17)7-12/h4-8,10H,9H2,1-3H3. The molecule has 0 saturated heterocycles. The smallest absolute Gasteiger partial charge is 0.423 e. The van der Waals surface area contributed by atoms with Gasteiger partial charge in [-0.25, -0.2) is 4.98 Å². The molecule has 1 aromatic carbocycles. The Labute approximate surface area is 143 Å². The van der Waals surface area contributed by atoms with Gasteiger partial charge in [-0.2, -0.15) is 18.2 Å². The fourth-order valence-electron chi connectivity index (χ4n) is 1.87. The van der Waals surface area contributed by atoms with E-state index in [9.17, 15) is 13.2 Å². The molecule has 0 saturated carbocycles. The van der Waals surface area contributed by atoms with Crippen LogP contribution in [0.4, 0.5) is 24.8 Å². The molecule has 0 unspecified atom stereocenters. The van der Waals surface area contributed by atoms with E-state index in [-0.39, 0.29) is 18.5 Å². The van der Waals surface area contributed by atoms with Gasteiger partial charge in [0.2, 0.25) is 11.8 Å². The lowest BCUT2D eigenvalue weighted by atomic mass is 10.2. The highest BCUT2D eigenvalue weighted by atomic mass is 35.5. The van der Waals surface area contributed by atoms with Crippen LogP contribution in [0.1, 0.15) is 19.4 Å².